The van der Waals surface area contributed by atoms with E-state index in [1.165, 1.54) is 12.1 Å². The summed E-state index contributed by atoms with van der Waals surface area (Å²) in [5, 5.41) is 18.4. The van der Waals surface area contributed by atoms with Crippen LogP contribution >= 0.6 is 11.6 Å². The number of carbonyl (C=O) groups is 1. The van der Waals surface area contributed by atoms with Gasteiger partial charge in [-0.05, 0) is 17.7 Å². The first-order valence-corrected chi connectivity index (χ1v) is 6.20. The van der Waals surface area contributed by atoms with E-state index in [0.717, 1.165) is 0 Å². The van der Waals surface area contributed by atoms with E-state index in [0.29, 0.717) is 25.6 Å². The van der Waals surface area contributed by atoms with E-state index >= 15 is 0 Å². The summed E-state index contributed by atoms with van der Waals surface area (Å²) in [7, 11) is 0. The summed E-state index contributed by atoms with van der Waals surface area (Å²) in [5.41, 5.74) is 0.228. The normalized spacial score (nSPS) is 18.5. The molecule has 2 rings (SSSR count). The number of carboxylic acids is 1. The highest BCUT2D eigenvalue weighted by molar-refractivity contribution is 6.32. The maximum absolute atomic E-state index is 10.7. The van der Waals surface area contributed by atoms with Crippen LogP contribution in [-0.2, 0) is 9.53 Å². The molecule has 104 valence electrons. The number of aliphatic hydroxyl groups is 1. The van der Waals surface area contributed by atoms with Crippen LogP contribution < -0.4 is 4.74 Å². The maximum atomic E-state index is 10.7. The van der Waals surface area contributed by atoms with Gasteiger partial charge in [-0.1, -0.05) is 24.6 Å². The lowest BCUT2D eigenvalue weighted by molar-refractivity contribution is -0.146. The Labute approximate surface area is 115 Å². The predicted molar refractivity (Wildman–Crippen MR) is 68.5 cm³/mol. The highest BCUT2D eigenvalue weighted by Crippen LogP contribution is 2.32. The van der Waals surface area contributed by atoms with E-state index in [4.69, 9.17) is 26.2 Å². The van der Waals surface area contributed by atoms with Gasteiger partial charge in [-0.25, -0.2) is 4.79 Å². The molecule has 1 aromatic carbocycles. The molecule has 19 heavy (non-hydrogen) atoms. The molecule has 1 unspecified atom stereocenters. The fourth-order valence-electron chi connectivity index (χ4n) is 1.73. The highest BCUT2D eigenvalue weighted by atomic mass is 35.5. The fourth-order valence-corrected chi connectivity index (χ4v) is 1.98. The van der Waals surface area contributed by atoms with Gasteiger partial charge in [-0.3, -0.25) is 0 Å². The number of aliphatic hydroxyl groups excluding tert-OH is 1. The van der Waals surface area contributed by atoms with Crippen molar-refractivity contribution in [2.75, 3.05) is 19.8 Å². The molecule has 0 saturated carbocycles. The molecule has 0 aromatic heterocycles. The third-order valence-electron chi connectivity index (χ3n) is 2.98. The Morgan fingerprint density at radius 1 is 1.58 bits per heavy atom. The Balaban J connectivity index is 2.04. The average molecular weight is 287 g/mol. The monoisotopic (exact) mass is 286 g/mol. The van der Waals surface area contributed by atoms with Gasteiger partial charge in [-0.15, -0.1) is 0 Å². The number of ether oxygens (including phenoxy) is 2. The van der Waals surface area contributed by atoms with Crippen LogP contribution in [0.15, 0.2) is 18.2 Å². The summed E-state index contributed by atoms with van der Waals surface area (Å²) in [4.78, 5) is 10.7. The first-order chi connectivity index (χ1) is 8.91. The van der Waals surface area contributed by atoms with Crippen LogP contribution in [-0.4, -0.2) is 36.0 Å². The Bertz CT molecular complexity index is 484. The topological polar surface area (TPSA) is 76.0 Å². The molecule has 1 atom stereocenters. The van der Waals surface area contributed by atoms with Gasteiger partial charge in [0.2, 0.25) is 0 Å². The molecule has 1 fully saturated rings. The summed E-state index contributed by atoms with van der Waals surface area (Å²) < 4.78 is 10.7. The smallest absolute Gasteiger partial charge is 0.337 e. The molecule has 1 aliphatic rings. The molecule has 0 amide bonds. The van der Waals surface area contributed by atoms with Crippen molar-refractivity contribution in [2.24, 2.45) is 5.41 Å². The molecule has 0 radical (unpaired) electrons. The first kappa shape index (κ1) is 14.1. The molecule has 2 N–H and O–H groups in total. The zero-order chi connectivity index (χ0) is 14.0. The summed E-state index contributed by atoms with van der Waals surface area (Å²) in [6.45, 7) is 3.83. The van der Waals surface area contributed by atoms with E-state index in [9.17, 15) is 9.90 Å². The Morgan fingerprint density at radius 3 is 2.74 bits per heavy atom. The largest absolute Gasteiger partial charge is 0.491 e. The number of carboxylic acid groups (broad SMARTS) is 1. The number of halogens is 1. The van der Waals surface area contributed by atoms with Crippen molar-refractivity contribution in [2.45, 2.75) is 13.0 Å². The molecular weight excluding hydrogens is 272 g/mol. The van der Waals surface area contributed by atoms with Crippen molar-refractivity contribution in [1.29, 1.82) is 0 Å². The predicted octanol–water partition coefficient (Wildman–Crippen LogP) is 1.87. The van der Waals surface area contributed by atoms with Gasteiger partial charge in [0.15, 0.2) is 6.10 Å². The summed E-state index contributed by atoms with van der Waals surface area (Å²) >= 11 is 6.01. The van der Waals surface area contributed by atoms with Crippen molar-refractivity contribution in [1.82, 2.24) is 0 Å². The van der Waals surface area contributed by atoms with E-state index in [-0.39, 0.29) is 16.0 Å². The minimum atomic E-state index is -1.58. The molecule has 0 aliphatic carbocycles. The summed E-state index contributed by atoms with van der Waals surface area (Å²) in [6.07, 6.45) is -1.58. The average Bonchev–Trinajstić information content (AvgIpc) is 2.34. The molecule has 1 heterocycles. The van der Waals surface area contributed by atoms with Gasteiger partial charge in [0.1, 0.15) is 5.75 Å². The van der Waals surface area contributed by atoms with E-state index in [1.54, 1.807) is 6.07 Å². The quantitative estimate of drug-likeness (QED) is 0.864. The number of benzene rings is 1. The molecule has 1 aromatic rings. The summed E-state index contributed by atoms with van der Waals surface area (Å²) in [5.74, 6) is -0.847. The molecule has 1 aliphatic heterocycles. The van der Waals surface area contributed by atoms with Crippen LogP contribution in [0.1, 0.15) is 18.6 Å². The van der Waals surface area contributed by atoms with E-state index < -0.39 is 12.1 Å². The summed E-state index contributed by atoms with van der Waals surface area (Å²) in [6, 6.07) is 4.45. The van der Waals surface area contributed by atoms with Crippen molar-refractivity contribution in [3.05, 3.63) is 28.8 Å². The second-order valence-electron chi connectivity index (χ2n) is 5.02. The zero-order valence-corrected chi connectivity index (χ0v) is 11.2. The molecule has 1 saturated heterocycles. The molecule has 0 bridgehead atoms. The van der Waals surface area contributed by atoms with Gasteiger partial charge in [0, 0.05) is 5.41 Å². The van der Waals surface area contributed by atoms with Crippen molar-refractivity contribution in [3.63, 3.8) is 0 Å². The lowest BCUT2D eigenvalue weighted by Crippen LogP contribution is -2.44. The molecule has 5 nitrogen and oxygen atoms in total. The van der Waals surface area contributed by atoms with Crippen LogP contribution in [0.3, 0.4) is 0 Å². The van der Waals surface area contributed by atoms with Crippen LogP contribution in [0.5, 0.6) is 5.75 Å². The van der Waals surface area contributed by atoms with Crippen LogP contribution in [0.25, 0.3) is 0 Å². The molecule has 6 heteroatoms. The third kappa shape index (κ3) is 3.18. The number of rotatable bonds is 5. The van der Waals surface area contributed by atoms with Crippen LogP contribution in [0.4, 0.5) is 0 Å². The number of hydrogen-bond acceptors (Lipinski definition) is 4. The van der Waals surface area contributed by atoms with Gasteiger partial charge < -0.3 is 19.7 Å². The fraction of sp³-hybridized carbons (Fsp3) is 0.462. The van der Waals surface area contributed by atoms with E-state index in [2.05, 4.69) is 0 Å². The van der Waals surface area contributed by atoms with Crippen LogP contribution in [0.2, 0.25) is 5.02 Å². The molecular formula is C13H15ClO5. The van der Waals surface area contributed by atoms with Crippen molar-refractivity contribution >= 4 is 17.6 Å². The zero-order valence-electron chi connectivity index (χ0n) is 10.4. The second kappa shape index (κ2) is 5.36. The second-order valence-corrected chi connectivity index (χ2v) is 5.43. The SMILES string of the molecule is CC1(COc2ccc(C(O)C(=O)O)cc2Cl)COC1. The lowest BCUT2D eigenvalue weighted by Gasteiger charge is -2.37. The maximum Gasteiger partial charge on any atom is 0.337 e. The van der Waals surface area contributed by atoms with Gasteiger partial charge in [-0.2, -0.15) is 0 Å². The minimum absolute atomic E-state index is 0.00256. The highest BCUT2D eigenvalue weighted by Gasteiger charge is 2.34. The first-order valence-electron chi connectivity index (χ1n) is 5.82. The van der Waals surface area contributed by atoms with Crippen LogP contribution in [0, 0.1) is 5.41 Å². The number of hydrogen-bond donors (Lipinski definition) is 2. The van der Waals surface area contributed by atoms with Gasteiger partial charge >= 0.3 is 5.97 Å². The van der Waals surface area contributed by atoms with E-state index in [1.807, 2.05) is 6.92 Å². The van der Waals surface area contributed by atoms with Crippen molar-refractivity contribution in [3.8, 4) is 5.75 Å². The number of aliphatic carboxylic acids is 1. The minimum Gasteiger partial charge on any atom is -0.491 e. The Hall–Kier alpha value is -1.30. The third-order valence-corrected chi connectivity index (χ3v) is 3.28. The van der Waals surface area contributed by atoms with Gasteiger partial charge in [0.05, 0.1) is 24.8 Å². The van der Waals surface area contributed by atoms with Gasteiger partial charge in [0.25, 0.3) is 0 Å². The molecule has 0 spiro atoms. The van der Waals surface area contributed by atoms with Crippen molar-refractivity contribution < 1.29 is 24.5 Å². The Kier molecular flexibility index (Phi) is 3.99. The standard InChI is InChI=1S/C13H15ClO5/c1-13(5-18-6-13)7-19-10-3-2-8(4-9(10)14)11(15)12(16)17/h2-4,11,15H,5-7H2,1H3,(H,16,17). The lowest BCUT2D eigenvalue weighted by atomic mass is 9.90. The Morgan fingerprint density at radius 2 is 2.26 bits per heavy atom.